The van der Waals surface area contributed by atoms with E-state index in [0.29, 0.717) is 12.0 Å². The van der Waals surface area contributed by atoms with Gasteiger partial charge in [0.25, 0.3) is 0 Å². The van der Waals surface area contributed by atoms with E-state index in [1.54, 1.807) is 6.33 Å². The van der Waals surface area contributed by atoms with Gasteiger partial charge in [-0.2, -0.15) is 5.10 Å². The molecule has 1 aliphatic rings. The van der Waals surface area contributed by atoms with Crippen molar-refractivity contribution < 1.29 is 0 Å². The molecule has 0 N–H and O–H groups in total. The second-order valence-electron chi connectivity index (χ2n) is 6.37. The monoisotopic (exact) mass is 307 g/mol. The average Bonchev–Trinajstić information content (AvgIpc) is 3.13. The number of hydrogen-bond donors (Lipinski definition) is 0. The second kappa shape index (κ2) is 5.65. The molecular weight excluding hydrogens is 286 g/mol. The minimum Gasteiger partial charge on any atom is -0.352 e. The fourth-order valence-electron chi connectivity index (χ4n) is 3.69. The fraction of sp³-hybridized carbons (Fsp3) is 0.389. The third-order valence-electron chi connectivity index (χ3n) is 5.04. The molecule has 3 heterocycles. The Morgan fingerprint density at radius 2 is 2.00 bits per heavy atom. The van der Waals surface area contributed by atoms with E-state index in [9.17, 15) is 0 Å². The van der Waals surface area contributed by atoms with Crippen molar-refractivity contribution in [2.45, 2.75) is 25.8 Å². The third-order valence-corrected chi connectivity index (χ3v) is 5.04. The number of anilines is 1. The molecule has 0 radical (unpaired) electrons. The van der Waals surface area contributed by atoms with Crippen molar-refractivity contribution in [1.29, 1.82) is 0 Å². The maximum absolute atomic E-state index is 4.57. The number of hydrogen-bond acceptors (Lipinski definition) is 4. The molecule has 1 aliphatic heterocycles. The smallest absolute Gasteiger partial charge is 0.158 e. The highest BCUT2D eigenvalue weighted by molar-refractivity contribution is 5.85. The zero-order chi connectivity index (χ0) is 15.8. The Morgan fingerprint density at radius 3 is 2.83 bits per heavy atom. The van der Waals surface area contributed by atoms with Gasteiger partial charge < -0.3 is 4.90 Å². The summed E-state index contributed by atoms with van der Waals surface area (Å²) < 4.78 is 1.88. The van der Waals surface area contributed by atoms with Crippen molar-refractivity contribution in [3.05, 3.63) is 48.4 Å². The van der Waals surface area contributed by atoms with E-state index in [1.165, 1.54) is 12.0 Å². The van der Waals surface area contributed by atoms with Crippen LogP contribution in [0.15, 0.2) is 42.9 Å². The van der Waals surface area contributed by atoms with Crippen LogP contribution >= 0.6 is 0 Å². The lowest BCUT2D eigenvalue weighted by atomic mass is 9.93. The van der Waals surface area contributed by atoms with Crippen molar-refractivity contribution in [2.24, 2.45) is 13.0 Å². The third kappa shape index (κ3) is 2.46. The lowest BCUT2D eigenvalue weighted by Gasteiger charge is -2.26. The molecule has 5 heteroatoms. The predicted octanol–water partition coefficient (Wildman–Crippen LogP) is 2.82. The lowest BCUT2D eigenvalue weighted by molar-refractivity contribution is 0.493. The van der Waals surface area contributed by atoms with Gasteiger partial charge in [0.05, 0.1) is 6.20 Å². The van der Waals surface area contributed by atoms with Crippen molar-refractivity contribution in [3.8, 4) is 0 Å². The zero-order valence-corrected chi connectivity index (χ0v) is 13.6. The van der Waals surface area contributed by atoms with Gasteiger partial charge in [0.15, 0.2) is 5.82 Å². The summed E-state index contributed by atoms with van der Waals surface area (Å²) in [4.78, 5) is 11.3. The van der Waals surface area contributed by atoms with E-state index in [4.69, 9.17) is 0 Å². The van der Waals surface area contributed by atoms with Gasteiger partial charge in [-0.05, 0) is 31.2 Å². The Kier molecular flexibility index (Phi) is 3.48. The minimum absolute atomic E-state index is 0.461. The van der Waals surface area contributed by atoms with E-state index >= 15 is 0 Å². The van der Waals surface area contributed by atoms with Crippen LogP contribution in [-0.2, 0) is 13.5 Å². The molecule has 5 nitrogen and oxygen atoms in total. The van der Waals surface area contributed by atoms with Crippen LogP contribution in [0.3, 0.4) is 0 Å². The average molecular weight is 307 g/mol. The van der Waals surface area contributed by atoms with E-state index < -0.39 is 0 Å². The maximum atomic E-state index is 4.57. The summed E-state index contributed by atoms with van der Waals surface area (Å²) in [7, 11) is 1.96. The molecule has 118 valence electrons. The summed E-state index contributed by atoms with van der Waals surface area (Å²) in [5.74, 6) is 1.66. The molecule has 3 aromatic rings. The van der Waals surface area contributed by atoms with Crippen LogP contribution in [0.25, 0.3) is 11.0 Å². The van der Waals surface area contributed by atoms with Crippen molar-refractivity contribution >= 4 is 16.9 Å². The number of aromatic nitrogens is 4. The first-order chi connectivity index (χ1) is 11.2. The first-order valence-electron chi connectivity index (χ1n) is 8.17. The summed E-state index contributed by atoms with van der Waals surface area (Å²) >= 11 is 0. The van der Waals surface area contributed by atoms with Crippen LogP contribution in [0, 0.1) is 5.92 Å². The molecule has 0 aliphatic carbocycles. The van der Waals surface area contributed by atoms with Crippen LogP contribution in [0.5, 0.6) is 0 Å². The fourth-order valence-corrected chi connectivity index (χ4v) is 3.69. The van der Waals surface area contributed by atoms with Gasteiger partial charge in [0.2, 0.25) is 0 Å². The van der Waals surface area contributed by atoms with Crippen LogP contribution in [0.1, 0.15) is 18.9 Å². The summed E-state index contributed by atoms with van der Waals surface area (Å²) in [5.41, 5.74) is 3.36. The molecule has 2 unspecified atom stereocenters. The summed E-state index contributed by atoms with van der Waals surface area (Å²) in [6.45, 7) is 3.35. The van der Waals surface area contributed by atoms with E-state index in [1.807, 2.05) is 17.9 Å². The molecule has 1 fully saturated rings. The van der Waals surface area contributed by atoms with Crippen molar-refractivity contribution in [3.63, 3.8) is 0 Å². The van der Waals surface area contributed by atoms with Gasteiger partial charge >= 0.3 is 0 Å². The number of fused-ring (bicyclic) bond motifs is 1. The van der Waals surface area contributed by atoms with Crippen LogP contribution < -0.4 is 4.90 Å². The Hall–Kier alpha value is -2.43. The highest BCUT2D eigenvalue weighted by Gasteiger charge is 2.33. The van der Waals surface area contributed by atoms with Crippen LogP contribution in [0.4, 0.5) is 5.82 Å². The summed E-state index contributed by atoms with van der Waals surface area (Å²) in [6.07, 6.45) is 5.77. The molecule has 4 rings (SSSR count). The second-order valence-corrected chi connectivity index (χ2v) is 6.37. The van der Waals surface area contributed by atoms with Gasteiger partial charge in [-0.3, -0.25) is 4.68 Å². The first kappa shape index (κ1) is 14.2. The molecule has 2 aromatic heterocycles. The maximum Gasteiger partial charge on any atom is 0.158 e. The van der Waals surface area contributed by atoms with E-state index in [-0.39, 0.29) is 0 Å². The molecule has 0 amide bonds. The van der Waals surface area contributed by atoms with Gasteiger partial charge in [0.1, 0.15) is 17.4 Å². The largest absolute Gasteiger partial charge is 0.352 e. The van der Waals surface area contributed by atoms with Crippen LogP contribution in [-0.4, -0.2) is 32.3 Å². The van der Waals surface area contributed by atoms with Gasteiger partial charge in [-0.15, -0.1) is 0 Å². The molecule has 0 bridgehead atoms. The van der Waals surface area contributed by atoms with Gasteiger partial charge in [-0.25, -0.2) is 9.97 Å². The quantitative estimate of drug-likeness (QED) is 0.746. The summed E-state index contributed by atoms with van der Waals surface area (Å²) in [5, 5.41) is 4.33. The molecule has 0 saturated carbocycles. The molecule has 2 atom stereocenters. The van der Waals surface area contributed by atoms with Gasteiger partial charge in [0, 0.05) is 19.6 Å². The van der Waals surface area contributed by atoms with Crippen LogP contribution in [0.2, 0.25) is 0 Å². The molecular formula is C18H21N5. The lowest BCUT2D eigenvalue weighted by Crippen LogP contribution is -2.31. The number of aryl methyl sites for hydroxylation is 1. The molecule has 23 heavy (non-hydrogen) atoms. The predicted molar refractivity (Wildman–Crippen MR) is 91.4 cm³/mol. The highest BCUT2D eigenvalue weighted by Crippen LogP contribution is 2.33. The molecule has 0 spiro atoms. The highest BCUT2D eigenvalue weighted by atomic mass is 15.3. The molecule has 1 aromatic carbocycles. The normalized spacial score (nSPS) is 21.2. The van der Waals surface area contributed by atoms with Crippen molar-refractivity contribution in [1.82, 2.24) is 19.7 Å². The number of nitrogens with zero attached hydrogens (tertiary/aromatic N) is 5. The SMILES string of the molecule is CC1C(Cc2ccccc2)CCN1c1ncnc2cnn(C)c12. The Bertz CT molecular complexity index is 811. The van der Waals surface area contributed by atoms with Gasteiger partial charge in [-0.1, -0.05) is 30.3 Å². The molecule has 1 saturated heterocycles. The number of rotatable bonds is 3. The Morgan fingerprint density at radius 1 is 1.17 bits per heavy atom. The summed E-state index contributed by atoms with van der Waals surface area (Å²) in [6, 6.07) is 11.2. The first-order valence-corrected chi connectivity index (χ1v) is 8.17. The Labute approximate surface area is 136 Å². The van der Waals surface area contributed by atoms with Crippen molar-refractivity contribution in [2.75, 3.05) is 11.4 Å². The minimum atomic E-state index is 0.461. The number of benzene rings is 1. The van der Waals surface area contributed by atoms with E-state index in [2.05, 4.69) is 57.2 Å². The Balaban J connectivity index is 1.62. The van der Waals surface area contributed by atoms with E-state index in [0.717, 1.165) is 29.8 Å². The standard InChI is InChI=1S/C18H21N5/c1-13-15(10-14-6-4-3-5-7-14)8-9-23(13)18-17-16(19-12-20-18)11-21-22(17)2/h3-7,11-13,15H,8-10H2,1-2H3. The zero-order valence-electron chi connectivity index (χ0n) is 13.6. The topological polar surface area (TPSA) is 46.8 Å².